The first-order valence-corrected chi connectivity index (χ1v) is 10.9. The molecule has 4 rings (SSSR count). The molecular formula is C20H26N6O2S. The average Bonchev–Trinajstić information content (AvgIpc) is 3.28. The van der Waals surface area contributed by atoms with Gasteiger partial charge in [0.25, 0.3) is 0 Å². The molecule has 9 heteroatoms. The van der Waals surface area contributed by atoms with Crippen LogP contribution in [0.15, 0.2) is 18.3 Å². The zero-order valence-electron chi connectivity index (χ0n) is 16.6. The second-order valence-corrected chi connectivity index (χ2v) is 8.31. The maximum absolute atomic E-state index is 11.1. The number of rotatable bonds is 8. The summed E-state index contributed by atoms with van der Waals surface area (Å²) in [5, 5.41) is 4.14. The summed E-state index contributed by atoms with van der Waals surface area (Å²) in [5.74, 6) is 0.805. The van der Waals surface area contributed by atoms with Gasteiger partial charge in [0.15, 0.2) is 0 Å². The minimum atomic E-state index is -0.289. The number of nitrogens with two attached hydrogens (primary N) is 1. The zero-order chi connectivity index (χ0) is 20.2. The minimum Gasteiger partial charge on any atom is -0.473 e. The molecule has 1 aliphatic carbocycles. The monoisotopic (exact) mass is 414 g/mol. The van der Waals surface area contributed by atoms with E-state index in [2.05, 4.69) is 19.2 Å². The fourth-order valence-electron chi connectivity index (χ4n) is 3.69. The van der Waals surface area contributed by atoms with Gasteiger partial charge in [-0.3, -0.25) is 4.79 Å². The standard InChI is InChI=1S/C20H26N6O2S/c1-13-12-17(29-25-13)23-20-22-15-9-11-26(10-5-8-16(21)27)18(15)19(24-20)28-14-6-3-2-4-7-14/h9,11-12,14H,2-8,10H2,1H3,(H2,21,27)(H,22,23,24). The Hall–Kier alpha value is -2.68. The first kappa shape index (κ1) is 19.6. The number of amides is 1. The first-order chi connectivity index (χ1) is 14.1. The predicted octanol–water partition coefficient (Wildman–Crippen LogP) is 3.92. The summed E-state index contributed by atoms with van der Waals surface area (Å²) >= 11 is 1.38. The van der Waals surface area contributed by atoms with Crippen LogP contribution < -0.4 is 15.8 Å². The molecule has 0 radical (unpaired) electrons. The van der Waals surface area contributed by atoms with Crippen LogP contribution in [-0.4, -0.2) is 30.9 Å². The highest BCUT2D eigenvalue weighted by molar-refractivity contribution is 7.10. The molecule has 3 heterocycles. The summed E-state index contributed by atoms with van der Waals surface area (Å²) in [6.07, 6.45) is 8.89. The van der Waals surface area contributed by atoms with Crippen molar-refractivity contribution in [3.63, 3.8) is 0 Å². The van der Waals surface area contributed by atoms with Crippen molar-refractivity contribution in [1.82, 2.24) is 18.9 Å². The molecule has 1 saturated carbocycles. The van der Waals surface area contributed by atoms with Gasteiger partial charge >= 0.3 is 0 Å². The summed E-state index contributed by atoms with van der Waals surface area (Å²) in [6, 6.07) is 3.92. The molecule has 1 amide bonds. The molecule has 8 nitrogen and oxygen atoms in total. The molecule has 0 atom stereocenters. The Balaban J connectivity index is 1.64. The van der Waals surface area contributed by atoms with E-state index < -0.39 is 0 Å². The Morgan fingerprint density at radius 2 is 2.17 bits per heavy atom. The minimum absolute atomic E-state index is 0.175. The van der Waals surface area contributed by atoms with Gasteiger partial charge in [0.05, 0.1) is 11.2 Å². The van der Waals surface area contributed by atoms with Crippen molar-refractivity contribution in [1.29, 1.82) is 0 Å². The van der Waals surface area contributed by atoms with E-state index in [0.717, 1.165) is 34.6 Å². The van der Waals surface area contributed by atoms with Crippen LogP contribution in [0.1, 0.15) is 50.6 Å². The molecular weight excluding hydrogens is 388 g/mol. The molecule has 0 saturated heterocycles. The topological polar surface area (TPSA) is 108 Å². The number of nitrogens with one attached hydrogen (secondary N) is 1. The van der Waals surface area contributed by atoms with E-state index >= 15 is 0 Å². The number of hydrogen-bond acceptors (Lipinski definition) is 7. The molecule has 3 N–H and O–H groups in total. The average molecular weight is 415 g/mol. The molecule has 1 fully saturated rings. The molecule has 154 valence electrons. The Bertz CT molecular complexity index is 992. The fourth-order valence-corrected chi connectivity index (χ4v) is 4.35. The molecule has 3 aromatic heterocycles. The van der Waals surface area contributed by atoms with Crippen LogP contribution in [0, 0.1) is 6.92 Å². The molecule has 0 unspecified atom stereocenters. The Morgan fingerprint density at radius 1 is 1.34 bits per heavy atom. The molecule has 0 spiro atoms. The highest BCUT2D eigenvalue weighted by Gasteiger charge is 2.20. The third-order valence-corrected chi connectivity index (χ3v) is 5.89. The van der Waals surface area contributed by atoms with E-state index in [1.807, 2.05) is 25.3 Å². The number of carbonyl (C=O) groups excluding carboxylic acids is 1. The van der Waals surface area contributed by atoms with Crippen LogP contribution in [0.2, 0.25) is 0 Å². The summed E-state index contributed by atoms with van der Waals surface area (Å²) in [6.45, 7) is 2.62. The van der Waals surface area contributed by atoms with Crippen LogP contribution in [0.25, 0.3) is 11.0 Å². The molecule has 3 aromatic rings. The maximum atomic E-state index is 11.1. The number of carbonyl (C=O) groups is 1. The zero-order valence-corrected chi connectivity index (χ0v) is 17.4. The van der Waals surface area contributed by atoms with E-state index in [9.17, 15) is 4.79 Å². The van der Waals surface area contributed by atoms with E-state index in [1.54, 1.807) is 0 Å². The largest absolute Gasteiger partial charge is 0.473 e. The second kappa shape index (κ2) is 8.77. The first-order valence-electron chi connectivity index (χ1n) is 10.1. The number of hydrogen-bond donors (Lipinski definition) is 2. The number of ether oxygens (including phenoxy) is 1. The summed E-state index contributed by atoms with van der Waals surface area (Å²) in [4.78, 5) is 20.5. The van der Waals surface area contributed by atoms with Crippen LogP contribution >= 0.6 is 11.5 Å². The van der Waals surface area contributed by atoms with Crippen molar-refractivity contribution < 1.29 is 9.53 Å². The van der Waals surface area contributed by atoms with Gasteiger partial charge in [-0.15, -0.1) is 0 Å². The van der Waals surface area contributed by atoms with Crippen molar-refractivity contribution >= 4 is 39.4 Å². The third kappa shape index (κ3) is 4.84. The molecule has 29 heavy (non-hydrogen) atoms. The fraction of sp³-hybridized carbons (Fsp3) is 0.500. The van der Waals surface area contributed by atoms with E-state index in [0.29, 0.717) is 31.2 Å². The SMILES string of the molecule is Cc1cc(Nc2nc(OC3CCCCC3)c3c(ccn3CCCC(N)=O)n2)sn1. The maximum Gasteiger partial charge on any atom is 0.243 e. The number of fused-ring (bicyclic) bond motifs is 1. The lowest BCUT2D eigenvalue weighted by molar-refractivity contribution is -0.118. The molecule has 0 aliphatic heterocycles. The quantitative estimate of drug-likeness (QED) is 0.578. The Morgan fingerprint density at radius 3 is 2.90 bits per heavy atom. The van der Waals surface area contributed by atoms with Crippen LogP contribution in [0.5, 0.6) is 5.88 Å². The number of aromatic nitrogens is 4. The van der Waals surface area contributed by atoms with Gasteiger partial charge in [0.1, 0.15) is 16.6 Å². The molecule has 0 aromatic carbocycles. The van der Waals surface area contributed by atoms with Crippen molar-refractivity contribution in [2.24, 2.45) is 5.73 Å². The van der Waals surface area contributed by atoms with Crippen molar-refractivity contribution in [3.8, 4) is 5.88 Å². The van der Waals surface area contributed by atoms with Crippen molar-refractivity contribution in [3.05, 3.63) is 24.0 Å². The van der Waals surface area contributed by atoms with Crippen molar-refractivity contribution in [2.45, 2.75) is 64.5 Å². The lowest BCUT2D eigenvalue weighted by Gasteiger charge is -2.23. The highest BCUT2D eigenvalue weighted by Crippen LogP contribution is 2.31. The molecule has 1 aliphatic rings. The second-order valence-electron chi connectivity index (χ2n) is 7.50. The summed E-state index contributed by atoms with van der Waals surface area (Å²) in [7, 11) is 0. The highest BCUT2D eigenvalue weighted by atomic mass is 32.1. The third-order valence-electron chi connectivity index (χ3n) is 5.09. The van der Waals surface area contributed by atoms with E-state index in [1.165, 1.54) is 30.8 Å². The van der Waals surface area contributed by atoms with Gasteiger partial charge in [-0.25, -0.2) is 4.98 Å². The number of anilines is 2. The number of nitrogens with zero attached hydrogens (tertiary/aromatic N) is 4. The van der Waals surface area contributed by atoms with Gasteiger partial charge in [-0.2, -0.15) is 9.36 Å². The number of primary amides is 1. The summed E-state index contributed by atoms with van der Waals surface area (Å²) in [5.41, 5.74) is 7.92. The normalized spacial score (nSPS) is 14.9. The van der Waals surface area contributed by atoms with E-state index in [-0.39, 0.29) is 12.0 Å². The van der Waals surface area contributed by atoms with Gasteiger partial charge < -0.3 is 20.4 Å². The Labute approximate surface area is 173 Å². The van der Waals surface area contributed by atoms with Gasteiger partial charge in [0.2, 0.25) is 17.7 Å². The number of aryl methyl sites for hydroxylation is 2. The van der Waals surface area contributed by atoms with Gasteiger partial charge in [0, 0.05) is 19.2 Å². The van der Waals surface area contributed by atoms with Crippen LogP contribution in [0.4, 0.5) is 10.9 Å². The van der Waals surface area contributed by atoms with Crippen LogP contribution in [-0.2, 0) is 11.3 Å². The molecule has 0 bridgehead atoms. The van der Waals surface area contributed by atoms with Crippen molar-refractivity contribution in [2.75, 3.05) is 5.32 Å². The van der Waals surface area contributed by atoms with Gasteiger partial charge in [-0.1, -0.05) is 6.42 Å². The smallest absolute Gasteiger partial charge is 0.243 e. The lowest BCUT2D eigenvalue weighted by Crippen LogP contribution is -2.21. The van der Waals surface area contributed by atoms with Gasteiger partial charge in [-0.05, 0) is 62.7 Å². The predicted molar refractivity (Wildman–Crippen MR) is 114 cm³/mol. The van der Waals surface area contributed by atoms with Crippen LogP contribution in [0.3, 0.4) is 0 Å². The Kier molecular flexibility index (Phi) is 5.94. The summed E-state index contributed by atoms with van der Waals surface area (Å²) < 4.78 is 12.7. The van der Waals surface area contributed by atoms with E-state index in [4.69, 9.17) is 15.5 Å². The lowest BCUT2D eigenvalue weighted by atomic mass is 9.98.